The van der Waals surface area contributed by atoms with Gasteiger partial charge >= 0.3 is 0 Å². The minimum atomic E-state index is -0.356. The highest BCUT2D eigenvalue weighted by atomic mass is 19.1. The molecule has 28 heavy (non-hydrogen) atoms. The number of fused-ring (bicyclic) bond motifs is 1. The fourth-order valence-electron chi connectivity index (χ4n) is 3.52. The molecule has 2 N–H and O–H groups in total. The molecule has 1 fully saturated rings. The summed E-state index contributed by atoms with van der Waals surface area (Å²) in [5.41, 5.74) is 9.00. The lowest BCUT2D eigenvalue weighted by atomic mass is 9.98. The maximum Gasteiger partial charge on any atom is 0.148 e. The van der Waals surface area contributed by atoms with Gasteiger partial charge in [0.2, 0.25) is 0 Å². The van der Waals surface area contributed by atoms with Gasteiger partial charge in [-0.05, 0) is 24.6 Å². The molecule has 1 unspecified atom stereocenters. The topological polar surface area (TPSA) is 96.7 Å². The summed E-state index contributed by atoms with van der Waals surface area (Å²) in [6, 6.07) is 6.28. The van der Waals surface area contributed by atoms with Crippen LogP contribution in [0.4, 0.5) is 10.2 Å². The van der Waals surface area contributed by atoms with Crippen molar-refractivity contribution in [1.82, 2.24) is 29.5 Å². The van der Waals surface area contributed by atoms with E-state index in [2.05, 4.69) is 20.3 Å². The van der Waals surface area contributed by atoms with Gasteiger partial charge in [-0.15, -0.1) is 5.10 Å². The van der Waals surface area contributed by atoms with E-state index in [0.29, 0.717) is 30.4 Å². The zero-order valence-electron chi connectivity index (χ0n) is 15.2. The lowest BCUT2D eigenvalue weighted by Crippen LogP contribution is -2.25. The quantitative estimate of drug-likeness (QED) is 0.585. The Kier molecular flexibility index (Phi) is 3.83. The van der Waals surface area contributed by atoms with E-state index in [4.69, 9.17) is 10.5 Å². The molecule has 5 rings (SSSR count). The van der Waals surface area contributed by atoms with Crippen LogP contribution in [0, 0.1) is 5.82 Å². The van der Waals surface area contributed by atoms with Gasteiger partial charge in [0.1, 0.15) is 35.0 Å². The van der Waals surface area contributed by atoms with Crippen molar-refractivity contribution in [3.63, 3.8) is 0 Å². The standard InChI is InChI=1S/C19H18FN7O/c1-11(15-7-27(25-24-15)16-5-3-2-4-14(16)20)26-6-13(12-8-28-9-12)17-18(21)22-10-23-19(17)26/h2-7,10-12H,8-9H2,1H3,(H2,21,22,23). The molecule has 1 aliphatic rings. The van der Waals surface area contributed by atoms with Crippen LogP contribution in [0.3, 0.4) is 0 Å². The van der Waals surface area contributed by atoms with Crippen LogP contribution in [-0.2, 0) is 4.74 Å². The minimum Gasteiger partial charge on any atom is -0.383 e. The number of para-hydroxylation sites is 1. The number of rotatable bonds is 4. The van der Waals surface area contributed by atoms with Gasteiger partial charge in [0, 0.05) is 12.1 Å². The Labute approximate surface area is 159 Å². The fraction of sp³-hybridized carbons (Fsp3) is 0.263. The van der Waals surface area contributed by atoms with Crippen molar-refractivity contribution in [3.8, 4) is 5.69 Å². The molecule has 1 aromatic carbocycles. The van der Waals surface area contributed by atoms with Gasteiger partial charge < -0.3 is 15.0 Å². The SMILES string of the molecule is CC(c1cn(-c2ccccc2F)nn1)n1cc(C2COC2)c2c(N)ncnc21. The second-order valence-electron chi connectivity index (χ2n) is 6.90. The van der Waals surface area contributed by atoms with Crippen molar-refractivity contribution in [2.75, 3.05) is 18.9 Å². The zero-order valence-corrected chi connectivity index (χ0v) is 15.2. The number of ether oxygens (including phenoxy) is 1. The van der Waals surface area contributed by atoms with Crippen LogP contribution in [0.1, 0.15) is 30.1 Å². The molecule has 142 valence electrons. The largest absolute Gasteiger partial charge is 0.383 e. The molecule has 0 aliphatic carbocycles. The van der Waals surface area contributed by atoms with Crippen molar-refractivity contribution in [2.45, 2.75) is 18.9 Å². The van der Waals surface area contributed by atoms with Crippen LogP contribution in [0.2, 0.25) is 0 Å². The number of nitrogens with two attached hydrogens (primary N) is 1. The average Bonchev–Trinajstić information content (AvgIpc) is 3.27. The molecular formula is C19H18FN7O. The second kappa shape index (κ2) is 6.38. The number of nitrogens with zero attached hydrogens (tertiary/aromatic N) is 6. The maximum atomic E-state index is 14.1. The van der Waals surface area contributed by atoms with E-state index in [9.17, 15) is 4.39 Å². The van der Waals surface area contributed by atoms with Crippen molar-refractivity contribution >= 4 is 16.9 Å². The fourth-order valence-corrected chi connectivity index (χ4v) is 3.52. The third kappa shape index (κ3) is 2.55. The monoisotopic (exact) mass is 379 g/mol. The summed E-state index contributed by atoms with van der Waals surface area (Å²) in [5, 5.41) is 9.20. The first-order valence-electron chi connectivity index (χ1n) is 8.99. The van der Waals surface area contributed by atoms with Crippen LogP contribution in [0.15, 0.2) is 43.0 Å². The Balaban J connectivity index is 1.58. The molecule has 0 bridgehead atoms. The van der Waals surface area contributed by atoms with Gasteiger partial charge in [-0.25, -0.2) is 19.0 Å². The predicted octanol–water partition coefficient (Wildman–Crippen LogP) is 2.46. The summed E-state index contributed by atoms with van der Waals surface area (Å²) >= 11 is 0. The van der Waals surface area contributed by atoms with E-state index in [-0.39, 0.29) is 17.8 Å². The summed E-state index contributed by atoms with van der Waals surface area (Å²) in [7, 11) is 0. The van der Waals surface area contributed by atoms with Crippen LogP contribution in [-0.4, -0.2) is 42.7 Å². The van der Waals surface area contributed by atoms with Gasteiger partial charge in [-0.2, -0.15) is 0 Å². The Morgan fingerprint density at radius 1 is 1.21 bits per heavy atom. The van der Waals surface area contributed by atoms with E-state index in [1.165, 1.54) is 17.1 Å². The van der Waals surface area contributed by atoms with Crippen LogP contribution in [0.5, 0.6) is 0 Å². The molecule has 4 heterocycles. The van der Waals surface area contributed by atoms with Gasteiger partial charge in [0.05, 0.1) is 30.8 Å². The first kappa shape index (κ1) is 16.8. The Hall–Kier alpha value is -3.33. The Morgan fingerprint density at radius 3 is 2.79 bits per heavy atom. The van der Waals surface area contributed by atoms with Crippen LogP contribution in [0.25, 0.3) is 16.7 Å². The van der Waals surface area contributed by atoms with Crippen LogP contribution < -0.4 is 5.73 Å². The normalized spacial score (nSPS) is 15.6. The van der Waals surface area contributed by atoms with Crippen molar-refractivity contribution < 1.29 is 9.13 Å². The summed E-state index contributed by atoms with van der Waals surface area (Å²) in [5.74, 6) is 0.372. The van der Waals surface area contributed by atoms with Gasteiger partial charge in [0.25, 0.3) is 0 Å². The lowest BCUT2D eigenvalue weighted by Gasteiger charge is -2.25. The number of hydrogen-bond donors (Lipinski definition) is 1. The third-order valence-corrected chi connectivity index (χ3v) is 5.20. The zero-order chi connectivity index (χ0) is 19.3. The molecule has 9 heteroatoms. The minimum absolute atomic E-state index is 0.174. The molecular weight excluding hydrogens is 361 g/mol. The second-order valence-corrected chi connectivity index (χ2v) is 6.90. The third-order valence-electron chi connectivity index (χ3n) is 5.20. The van der Waals surface area contributed by atoms with Gasteiger partial charge in [0.15, 0.2) is 0 Å². The number of anilines is 1. The smallest absolute Gasteiger partial charge is 0.148 e. The molecule has 0 amide bonds. The highest BCUT2D eigenvalue weighted by molar-refractivity contribution is 5.90. The number of nitrogen functional groups attached to an aromatic ring is 1. The summed E-state index contributed by atoms with van der Waals surface area (Å²) in [6.45, 7) is 3.31. The number of aromatic nitrogens is 6. The molecule has 8 nitrogen and oxygen atoms in total. The van der Waals surface area contributed by atoms with Crippen molar-refractivity contribution in [1.29, 1.82) is 0 Å². The van der Waals surface area contributed by atoms with E-state index in [1.54, 1.807) is 24.4 Å². The van der Waals surface area contributed by atoms with E-state index in [0.717, 1.165) is 16.6 Å². The number of benzene rings is 1. The van der Waals surface area contributed by atoms with E-state index < -0.39 is 0 Å². The van der Waals surface area contributed by atoms with E-state index in [1.807, 2.05) is 17.7 Å². The molecule has 3 aromatic heterocycles. The highest BCUT2D eigenvalue weighted by Crippen LogP contribution is 2.36. The van der Waals surface area contributed by atoms with Crippen molar-refractivity contribution in [2.24, 2.45) is 0 Å². The Bertz CT molecular complexity index is 1160. The molecule has 4 aromatic rings. The summed E-state index contributed by atoms with van der Waals surface area (Å²) < 4.78 is 22.9. The Morgan fingerprint density at radius 2 is 2.04 bits per heavy atom. The molecule has 1 saturated heterocycles. The molecule has 1 atom stereocenters. The first-order valence-corrected chi connectivity index (χ1v) is 8.99. The maximum absolute atomic E-state index is 14.1. The highest BCUT2D eigenvalue weighted by Gasteiger charge is 2.28. The lowest BCUT2D eigenvalue weighted by molar-refractivity contribution is 0.00893. The predicted molar refractivity (Wildman–Crippen MR) is 101 cm³/mol. The summed E-state index contributed by atoms with van der Waals surface area (Å²) in [6.07, 6.45) is 5.22. The molecule has 0 spiro atoms. The van der Waals surface area contributed by atoms with Gasteiger partial charge in [-0.1, -0.05) is 17.3 Å². The van der Waals surface area contributed by atoms with Gasteiger partial charge in [-0.3, -0.25) is 0 Å². The van der Waals surface area contributed by atoms with E-state index >= 15 is 0 Å². The summed E-state index contributed by atoms with van der Waals surface area (Å²) in [4.78, 5) is 8.59. The first-order chi connectivity index (χ1) is 13.6. The number of halogens is 1. The molecule has 1 aliphatic heterocycles. The number of hydrogen-bond acceptors (Lipinski definition) is 6. The van der Waals surface area contributed by atoms with Crippen molar-refractivity contribution in [3.05, 3.63) is 60.1 Å². The average molecular weight is 379 g/mol. The van der Waals surface area contributed by atoms with Crippen LogP contribution >= 0.6 is 0 Å². The molecule has 0 saturated carbocycles. The molecule has 0 radical (unpaired) electrons.